The number of thioether (sulfide) groups is 1. The van der Waals surface area contributed by atoms with Crippen molar-refractivity contribution < 1.29 is 19.1 Å². The van der Waals surface area contributed by atoms with Gasteiger partial charge in [0.05, 0.1) is 25.7 Å². The molecule has 0 aliphatic carbocycles. The zero-order chi connectivity index (χ0) is 19.4. The van der Waals surface area contributed by atoms with Gasteiger partial charge in [0.25, 0.3) is 5.91 Å². The predicted molar refractivity (Wildman–Crippen MR) is 106 cm³/mol. The first kappa shape index (κ1) is 19.1. The quantitative estimate of drug-likeness (QED) is 0.824. The third kappa shape index (κ3) is 4.19. The number of benzene rings is 2. The lowest BCUT2D eigenvalue weighted by molar-refractivity contribution is -0.113. The topological polar surface area (TPSA) is 67.9 Å². The monoisotopic (exact) mass is 386 g/mol. The van der Waals surface area contributed by atoms with Crippen LogP contribution < -0.4 is 14.8 Å². The first-order valence-electron chi connectivity index (χ1n) is 8.62. The molecule has 0 bridgehead atoms. The average molecular weight is 386 g/mol. The number of rotatable bonds is 6. The number of carbonyl (C=O) groups excluding carboxylic acids is 2. The zero-order valence-electron chi connectivity index (χ0n) is 15.6. The van der Waals surface area contributed by atoms with Crippen LogP contribution in [0.25, 0.3) is 0 Å². The first-order chi connectivity index (χ1) is 13.0. The molecule has 142 valence electrons. The van der Waals surface area contributed by atoms with Crippen LogP contribution in [0.4, 0.5) is 5.69 Å². The number of hydrogen-bond acceptors (Lipinski definition) is 5. The lowest BCUT2D eigenvalue weighted by Gasteiger charge is -2.23. The Morgan fingerprint density at radius 2 is 1.93 bits per heavy atom. The van der Waals surface area contributed by atoms with E-state index in [-0.39, 0.29) is 11.8 Å². The van der Waals surface area contributed by atoms with Gasteiger partial charge in [0.1, 0.15) is 0 Å². The molecule has 0 fully saturated rings. The van der Waals surface area contributed by atoms with Crippen molar-refractivity contribution in [2.45, 2.75) is 18.4 Å². The van der Waals surface area contributed by atoms with Crippen molar-refractivity contribution in [2.75, 3.05) is 31.8 Å². The van der Waals surface area contributed by atoms with Crippen molar-refractivity contribution in [2.24, 2.45) is 0 Å². The summed E-state index contributed by atoms with van der Waals surface area (Å²) >= 11 is 1.48. The maximum Gasteiger partial charge on any atom is 0.254 e. The van der Waals surface area contributed by atoms with Crippen molar-refractivity contribution in [3.63, 3.8) is 0 Å². The molecule has 0 aromatic heterocycles. The number of methoxy groups -OCH3 is 2. The molecule has 2 aromatic carbocycles. The van der Waals surface area contributed by atoms with Crippen molar-refractivity contribution in [1.82, 2.24) is 4.90 Å². The third-order valence-corrected chi connectivity index (χ3v) is 5.42. The van der Waals surface area contributed by atoms with E-state index in [4.69, 9.17) is 9.47 Å². The molecule has 1 heterocycles. The van der Waals surface area contributed by atoms with Crippen LogP contribution in [0.5, 0.6) is 11.5 Å². The second kappa shape index (κ2) is 8.35. The Balaban J connectivity index is 1.80. The van der Waals surface area contributed by atoms with E-state index in [1.165, 1.54) is 11.8 Å². The fourth-order valence-electron chi connectivity index (χ4n) is 2.93. The maximum absolute atomic E-state index is 13.0. The van der Waals surface area contributed by atoms with E-state index in [2.05, 4.69) is 5.32 Å². The highest BCUT2D eigenvalue weighted by Gasteiger charge is 2.20. The summed E-state index contributed by atoms with van der Waals surface area (Å²) in [6, 6.07) is 11.1. The highest BCUT2D eigenvalue weighted by molar-refractivity contribution is 8.00. The molecule has 6 nitrogen and oxygen atoms in total. The van der Waals surface area contributed by atoms with Crippen LogP contribution in [0, 0.1) is 0 Å². The number of anilines is 1. The van der Waals surface area contributed by atoms with Gasteiger partial charge in [0.15, 0.2) is 11.5 Å². The summed E-state index contributed by atoms with van der Waals surface area (Å²) in [6.07, 6.45) is 0. The van der Waals surface area contributed by atoms with Crippen molar-refractivity contribution >= 4 is 29.3 Å². The molecular weight excluding hydrogens is 364 g/mol. The van der Waals surface area contributed by atoms with Crippen LogP contribution in [-0.2, 0) is 11.3 Å². The van der Waals surface area contributed by atoms with E-state index in [0.29, 0.717) is 41.6 Å². The molecule has 0 spiro atoms. The van der Waals surface area contributed by atoms with Gasteiger partial charge in [-0.05, 0) is 42.8 Å². The fraction of sp³-hybridized carbons (Fsp3) is 0.300. The van der Waals surface area contributed by atoms with E-state index < -0.39 is 0 Å². The van der Waals surface area contributed by atoms with Crippen molar-refractivity contribution in [3.05, 3.63) is 47.5 Å². The molecule has 2 amide bonds. The van der Waals surface area contributed by atoms with Crippen molar-refractivity contribution in [1.29, 1.82) is 0 Å². The number of hydrogen-bond donors (Lipinski definition) is 1. The molecule has 7 heteroatoms. The average Bonchev–Trinajstić information content (AvgIpc) is 2.70. The van der Waals surface area contributed by atoms with Gasteiger partial charge >= 0.3 is 0 Å². The van der Waals surface area contributed by atoms with Crippen LogP contribution in [0.3, 0.4) is 0 Å². The molecule has 1 N–H and O–H groups in total. The van der Waals surface area contributed by atoms with Crippen molar-refractivity contribution in [3.8, 4) is 11.5 Å². The first-order valence-corrected chi connectivity index (χ1v) is 9.61. The minimum atomic E-state index is -0.0834. The standard InChI is InChI=1S/C20H22N2O4S/c1-4-22(11-13-5-7-16(25-2)17(9-13)26-3)20(24)14-6-8-18-15(10-14)21-19(23)12-27-18/h5-10H,4,11-12H2,1-3H3,(H,21,23). The molecular formula is C20H22N2O4S. The molecule has 0 saturated heterocycles. The fourth-order valence-corrected chi connectivity index (χ4v) is 3.71. The minimum Gasteiger partial charge on any atom is -0.493 e. The summed E-state index contributed by atoms with van der Waals surface area (Å²) in [5.41, 5.74) is 2.20. The lowest BCUT2D eigenvalue weighted by atomic mass is 10.1. The van der Waals surface area contributed by atoms with Crippen LogP contribution in [0.2, 0.25) is 0 Å². The van der Waals surface area contributed by atoms with Crippen LogP contribution in [-0.4, -0.2) is 43.2 Å². The van der Waals surface area contributed by atoms with E-state index in [1.807, 2.05) is 37.3 Å². The molecule has 0 unspecified atom stereocenters. The van der Waals surface area contributed by atoms with Gasteiger partial charge in [-0.15, -0.1) is 11.8 Å². The van der Waals surface area contributed by atoms with Gasteiger partial charge in [0.2, 0.25) is 5.91 Å². The molecule has 3 rings (SSSR count). The van der Waals surface area contributed by atoms with Gasteiger partial charge in [-0.25, -0.2) is 0 Å². The van der Waals surface area contributed by atoms with Crippen LogP contribution in [0.15, 0.2) is 41.3 Å². The van der Waals surface area contributed by atoms with Crippen LogP contribution >= 0.6 is 11.8 Å². The molecule has 27 heavy (non-hydrogen) atoms. The number of amides is 2. The normalized spacial score (nSPS) is 12.8. The smallest absolute Gasteiger partial charge is 0.254 e. The summed E-state index contributed by atoms with van der Waals surface area (Å²) < 4.78 is 10.6. The largest absolute Gasteiger partial charge is 0.493 e. The van der Waals surface area contributed by atoms with Crippen LogP contribution in [0.1, 0.15) is 22.8 Å². The Kier molecular flexibility index (Phi) is 5.91. The Hall–Kier alpha value is -2.67. The lowest BCUT2D eigenvalue weighted by Crippen LogP contribution is -2.30. The van der Waals surface area contributed by atoms with E-state index in [0.717, 1.165) is 10.5 Å². The molecule has 1 aliphatic rings. The summed E-state index contributed by atoms with van der Waals surface area (Å²) in [5, 5.41) is 2.83. The van der Waals surface area contributed by atoms with E-state index >= 15 is 0 Å². The van der Waals surface area contributed by atoms with E-state index in [9.17, 15) is 9.59 Å². The number of nitrogens with one attached hydrogen (secondary N) is 1. The predicted octanol–water partition coefficient (Wildman–Crippen LogP) is 3.41. The van der Waals surface area contributed by atoms with Gasteiger partial charge < -0.3 is 19.7 Å². The SMILES string of the molecule is CCN(Cc1ccc(OC)c(OC)c1)C(=O)c1ccc2c(c1)NC(=O)CS2. The second-order valence-corrected chi connectivity index (χ2v) is 7.07. The molecule has 0 saturated carbocycles. The number of ether oxygens (including phenoxy) is 2. The van der Waals surface area contributed by atoms with E-state index in [1.54, 1.807) is 25.2 Å². The van der Waals surface area contributed by atoms with Gasteiger partial charge in [-0.2, -0.15) is 0 Å². The molecule has 2 aromatic rings. The molecule has 1 aliphatic heterocycles. The van der Waals surface area contributed by atoms with Gasteiger partial charge in [-0.3, -0.25) is 9.59 Å². The summed E-state index contributed by atoms with van der Waals surface area (Å²) in [5.74, 6) is 1.56. The summed E-state index contributed by atoms with van der Waals surface area (Å²) in [7, 11) is 3.18. The number of fused-ring (bicyclic) bond motifs is 1. The number of carbonyl (C=O) groups is 2. The minimum absolute atomic E-state index is 0.0465. The Bertz CT molecular complexity index is 869. The molecule has 0 atom stereocenters. The highest BCUT2D eigenvalue weighted by Crippen LogP contribution is 2.32. The molecule has 0 radical (unpaired) electrons. The number of nitrogens with zero attached hydrogens (tertiary/aromatic N) is 1. The third-order valence-electron chi connectivity index (χ3n) is 4.35. The highest BCUT2D eigenvalue weighted by atomic mass is 32.2. The summed E-state index contributed by atoms with van der Waals surface area (Å²) in [6.45, 7) is 2.95. The van der Waals surface area contributed by atoms with Gasteiger partial charge in [0, 0.05) is 23.5 Å². The summed E-state index contributed by atoms with van der Waals surface area (Å²) in [4.78, 5) is 27.3. The second-order valence-electron chi connectivity index (χ2n) is 6.06. The Morgan fingerprint density at radius 1 is 1.15 bits per heavy atom. The Morgan fingerprint density at radius 3 is 2.63 bits per heavy atom. The zero-order valence-corrected chi connectivity index (χ0v) is 16.4. The van der Waals surface area contributed by atoms with Gasteiger partial charge in [-0.1, -0.05) is 6.07 Å². The maximum atomic E-state index is 13.0. The Labute approximate surface area is 162 Å².